The summed E-state index contributed by atoms with van der Waals surface area (Å²) in [6.07, 6.45) is 0.654. The van der Waals surface area contributed by atoms with Gasteiger partial charge in [0.2, 0.25) is 5.91 Å². The fraction of sp³-hybridized carbons (Fsp3) is 0.471. The van der Waals surface area contributed by atoms with Gasteiger partial charge in [0.1, 0.15) is 12.4 Å². The van der Waals surface area contributed by atoms with Crippen molar-refractivity contribution >= 4 is 23.6 Å². The molecule has 0 saturated heterocycles. The molecule has 0 saturated carbocycles. The molecule has 10 heteroatoms. The molecule has 0 spiro atoms. The van der Waals surface area contributed by atoms with Crippen molar-refractivity contribution in [2.24, 2.45) is 0 Å². The number of aromatic nitrogens is 4. The minimum atomic E-state index is -1.14. The number of hydrogen-bond acceptors (Lipinski definition) is 5. The van der Waals surface area contributed by atoms with E-state index >= 15 is 0 Å². The number of nitrogens with zero attached hydrogens (tertiary/aromatic N) is 5. The van der Waals surface area contributed by atoms with Gasteiger partial charge in [-0.05, 0) is 61.4 Å². The van der Waals surface area contributed by atoms with Gasteiger partial charge in [-0.25, -0.2) is 9.48 Å². The van der Waals surface area contributed by atoms with E-state index in [9.17, 15) is 14.7 Å². The van der Waals surface area contributed by atoms with Gasteiger partial charge in [0.15, 0.2) is 0 Å². The van der Waals surface area contributed by atoms with E-state index in [0.717, 1.165) is 0 Å². The molecule has 0 fully saturated rings. The van der Waals surface area contributed by atoms with Crippen LogP contribution >= 0.6 is 11.6 Å². The third-order valence-electron chi connectivity index (χ3n) is 4.02. The smallest absolute Gasteiger partial charge is 0.408 e. The summed E-state index contributed by atoms with van der Waals surface area (Å²) < 4.78 is 1.47. The van der Waals surface area contributed by atoms with Crippen molar-refractivity contribution in [2.75, 3.05) is 0 Å². The normalized spacial score (nSPS) is 12.5. The molecular weight excluding hydrogens is 372 g/mol. The molecule has 0 radical (unpaired) electrons. The minimum absolute atomic E-state index is 0.155. The summed E-state index contributed by atoms with van der Waals surface area (Å²) in [7, 11) is 0. The highest BCUT2D eigenvalue weighted by Gasteiger charge is 2.36. The Balaban J connectivity index is 2.21. The standard InChI is InChI=1S/C17H23ClN6O3/c1-5-13(24(16(26)27)17(2,3)4)15(25)19-9-11-8-12(18)6-7-14(11)23-10-20-21-22-23/h6-8,10,13H,5,9H2,1-4H3,(H,19,25)(H,26,27)/t13-/m0/s1. The van der Waals surface area contributed by atoms with E-state index in [1.54, 1.807) is 45.9 Å². The fourth-order valence-electron chi connectivity index (χ4n) is 2.86. The molecule has 1 aromatic heterocycles. The first-order chi connectivity index (χ1) is 12.6. The number of rotatable bonds is 6. The third kappa shape index (κ3) is 4.94. The predicted molar refractivity (Wildman–Crippen MR) is 99.7 cm³/mol. The number of halogens is 1. The second-order valence-electron chi connectivity index (χ2n) is 6.99. The van der Waals surface area contributed by atoms with Crippen LogP contribution in [0.3, 0.4) is 0 Å². The zero-order valence-corrected chi connectivity index (χ0v) is 16.4. The van der Waals surface area contributed by atoms with Crippen molar-refractivity contribution in [3.05, 3.63) is 35.1 Å². The molecule has 2 amide bonds. The summed E-state index contributed by atoms with van der Waals surface area (Å²) in [5.74, 6) is -0.377. The first-order valence-electron chi connectivity index (χ1n) is 8.47. The maximum Gasteiger partial charge on any atom is 0.408 e. The quantitative estimate of drug-likeness (QED) is 0.778. The van der Waals surface area contributed by atoms with Gasteiger partial charge in [0.05, 0.1) is 5.69 Å². The number of carboxylic acid groups (broad SMARTS) is 1. The van der Waals surface area contributed by atoms with Gasteiger partial charge in [-0.2, -0.15) is 0 Å². The molecule has 2 N–H and O–H groups in total. The van der Waals surface area contributed by atoms with E-state index in [4.69, 9.17) is 11.6 Å². The summed E-state index contributed by atoms with van der Waals surface area (Å²) in [6, 6.07) is 4.34. The van der Waals surface area contributed by atoms with E-state index in [-0.39, 0.29) is 12.5 Å². The maximum absolute atomic E-state index is 12.7. The predicted octanol–water partition coefficient (Wildman–Crippen LogP) is 2.49. The van der Waals surface area contributed by atoms with Crippen LogP contribution in [-0.4, -0.2) is 53.8 Å². The molecule has 9 nitrogen and oxygen atoms in total. The van der Waals surface area contributed by atoms with Crippen LogP contribution in [0.15, 0.2) is 24.5 Å². The SMILES string of the molecule is CC[C@@H](C(=O)NCc1cc(Cl)ccc1-n1cnnn1)N(C(=O)O)C(C)(C)C. The number of hydrogen-bond donors (Lipinski definition) is 2. The Morgan fingerprint density at radius 2 is 2.07 bits per heavy atom. The van der Waals surface area contributed by atoms with E-state index in [0.29, 0.717) is 22.7 Å². The van der Waals surface area contributed by atoms with Gasteiger partial charge >= 0.3 is 6.09 Å². The highest BCUT2D eigenvalue weighted by molar-refractivity contribution is 6.30. The topological polar surface area (TPSA) is 113 Å². The molecule has 1 heterocycles. The van der Waals surface area contributed by atoms with Crippen molar-refractivity contribution in [1.29, 1.82) is 0 Å². The second kappa shape index (κ2) is 8.34. The Labute approximate surface area is 162 Å². The lowest BCUT2D eigenvalue weighted by atomic mass is 10.0. The Morgan fingerprint density at radius 3 is 2.59 bits per heavy atom. The molecule has 0 unspecified atom stereocenters. The summed E-state index contributed by atoms with van der Waals surface area (Å²) in [5.41, 5.74) is 0.664. The number of benzene rings is 1. The van der Waals surface area contributed by atoms with Gasteiger partial charge in [0.25, 0.3) is 0 Å². The van der Waals surface area contributed by atoms with Crippen LogP contribution in [0.5, 0.6) is 0 Å². The lowest BCUT2D eigenvalue weighted by molar-refractivity contribution is -0.127. The molecule has 146 valence electrons. The van der Waals surface area contributed by atoms with Crippen molar-refractivity contribution in [2.45, 2.75) is 52.2 Å². The average molecular weight is 395 g/mol. The Kier molecular flexibility index (Phi) is 6.37. The summed E-state index contributed by atoms with van der Waals surface area (Å²) in [4.78, 5) is 25.6. The van der Waals surface area contributed by atoms with Gasteiger partial charge in [-0.3, -0.25) is 9.69 Å². The van der Waals surface area contributed by atoms with E-state index in [1.807, 2.05) is 0 Å². The van der Waals surface area contributed by atoms with Crippen molar-refractivity contribution in [1.82, 2.24) is 30.4 Å². The number of nitrogens with one attached hydrogen (secondary N) is 1. The van der Waals surface area contributed by atoms with Crippen LogP contribution in [0.4, 0.5) is 4.79 Å². The largest absolute Gasteiger partial charge is 0.465 e. The number of carbonyl (C=O) groups is 2. The van der Waals surface area contributed by atoms with Crippen LogP contribution in [0.1, 0.15) is 39.7 Å². The summed E-state index contributed by atoms with van der Waals surface area (Å²) >= 11 is 6.08. The van der Waals surface area contributed by atoms with Gasteiger partial charge in [0, 0.05) is 17.1 Å². The Bertz CT molecular complexity index is 803. The molecule has 0 aliphatic heterocycles. The van der Waals surface area contributed by atoms with Crippen LogP contribution in [-0.2, 0) is 11.3 Å². The molecular formula is C17H23ClN6O3. The van der Waals surface area contributed by atoms with Crippen molar-refractivity contribution < 1.29 is 14.7 Å². The lowest BCUT2D eigenvalue weighted by Gasteiger charge is -2.38. The van der Waals surface area contributed by atoms with E-state index in [1.165, 1.54) is 15.9 Å². The Hall–Kier alpha value is -2.68. The maximum atomic E-state index is 12.7. The second-order valence-corrected chi connectivity index (χ2v) is 7.43. The molecule has 0 aliphatic carbocycles. The van der Waals surface area contributed by atoms with E-state index < -0.39 is 17.7 Å². The van der Waals surface area contributed by atoms with Crippen molar-refractivity contribution in [3.63, 3.8) is 0 Å². The van der Waals surface area contributed by atoms with Crippen LogP contribution in [0.25, 0.3) is 5.69 Å². The van der Waals surface area contributed by atoms with Crippen LogP contribution in [0.2, 0.25) is 5.02 Å². The number of carbonyl (C=O) groups excluding carboxylic acids is 1. The van der Waals surface area contributed by atoms with Gasteiger partial charge in [-0.1, -0.05) is 18.5 Å². The van der Waals surface area contributed by atoms with Crippen molar-refractivity contribution in [3.8, 4) is 5.69 Å². The summed E-state index contributed by atoms with van der Waals surface area (Å²) in [6.45, 7) is 7.19. The number of amides is 2. The molecule has 27 heavy (non-hydrogen) atoms. The highest BCUT2D eigenvalue weighted by Crippen LogP contribution is 2.21. The zero-order chi connectivity index (χ0) is 20.2. The summed E-state index contributed by atoms with van der Waals surface area (Å²) in [5, 5.41) is 23.9. The first kappa shape index (κ1) is 20.6. The molecule has 1 atom stereocenters. The fourth-order valence-corrected chi connectivity index (χ4v) is 3.06. The number of tetrazole rings is 1. The average Bonchev–Trinajstić information content (AvgIpc) is 3.10. The highest BCUT2D eigenvalue weighted by atomic mass is 35.5. The van der Waals surface area contributed by atoms with Gasteiger partial charge < -0.3 is 10.4 Å². The molecule has 1 aromatic carbocycles. The van der Waals surface area contributed by atoms with Crippen LogP contribution in [0, 0.1) is 0 Å². The molecule has 2 aromatic rings. The minimum Gasteiger partial charge on any atom is -0.465 e. The van der Waals surface area contributed by atoms with E-state index in [2.05, 4.69) is 20.8 Å². The lowest BCUT2D eigenvalue weighted by Crippen LogP contribution is -2.56. The molecule has 0 bridgehead atoms. The van der Waals surface area contributed by atoms with Gasteiger partial charge in [-0.15, -0.1) is 5.10 Å². The third-order valence-corrected chi connectivity index (χ3v) is 4.26. The first-order valence-corrected chi connectivity index (χ1v) is 8.84. The van der Waals surface area contributed by atoms with Crippen LogP contribution < -0.4 is 5.32 Å². The molecule has 2 rings (SSSR count). The Morgan fingerprint density at radius 1 is 1.37 bits per heavy atom. The zero-order valence-electron chi connectivity index (χ0n) is 15.7. The monoisotopic (exact) mass is 394 g/mol. The molecule has 0 aliphatic rings.